The number of rotatable bonds is 5. The van der Waals surface area contributed by atoms with E-state index in [0.717, 1.165) is 27.2 Å². The molecule has 3 rings (SSSR count). The van der Waals surface area contributed by atoms with Gasteiger partial charge in [0.15, 0.2) is 23.0 Å². The van der Waals surface area contributed by atoms with E-state index in [9.17, 15) is 0 Å². The minimum absolute atomic E-state index is 0.575. The Kier molecular flexibility index (Phi) is 4.81. The molecule has 1 heterocycles. The van der Waals surface area contributed by atoms with Gasteiger partial charge in [0.25, 0.3) is 0 Å². The van der Waals surface area contributed by atoms with Gasteiger partial charge in [-0.25, -0.2) is 0 Å². The summed E-state index contributed by atoms with van der Waals surface area (Å²) in [6.45, 7) is 1.75. The molecule has 122 valence electrons. The van der Waals surface area contributed by atoms with Crippen molar-refractivity contribution < 1.29 is 18.9 Å². The lowest BCUT2D eigenvalue weighted by molar-refractivity contribution is 0.171. The van der Waals surface area contributed by atoms with Crippen LogP contribution in [0.5, 0.6) is 23.0 Å². The molecule has 0 aliphatic carbocycles. The highest BCUT2D eigenvalue weighted by Crippen LogP contribution is 2.37. The third-order valence-corrected chi connectivity index (χ3v) is 4.35. The Morgan fingerprint density at radius 2 is 1.83 bits per heavy atom. The maximum Gasteiger partial charge on any atom is 0.166 e. The Labute approximate surface area is 143 Å². The molecule has 0 unspecified atom stereocenters. The van der Waals surface area contributed by atoms with Gasteiger partial charge in [0, 0.05) is 28.3 Å². The largest absolute Gasteiger partial charge is 0.493 e. The topological polar surface area (TPSA) is 49.0 Å². The lowest BCUT2D eigenvalue weighted by Gasteiger charge is -2.20. The number of anilines is 1. The summed E-state index contributed by atoms with van der Waals surface area (Å²) in [6.07, 6.45) is 0. The molecule has 0 saturated carbocycles. The van der Waals surface area contributed by atoms with Gasteiger partial charge in [0.05, 0.1) is 14.2 Å². The van der Waals surface area contributed by atoms with Crippen LogP contribution in [0.4, 0.5) is 5.69 Å². The van der Waals surface area contributed by atoms with Crippen LogP contribution < -0.4 is 24.3 Å². The normalized spacial score (nSPS) is 12.7. The number of benzene rings is 2. The SMILES string of the molecule is COc1ccc(Br)c(CNc2ccc3c(c2)OCCO3)c1OC. The Morgan fingerprint density at radius 3 is 2.57 bits per heavy atom. The van der Waals surface area contributed by atoms with E-state index in [-0.39, 0.29) is 0 Å². The highest BCUT2D eigenvalue weighted by Gasteiger charge is 2.15. The first kappa shape index (κ1) is 15.8. The highest BCUT2D eigenvalue weighted by atomic mass is 79.9. The first-order valence-corrected chi connectivity index (χ1v) is 8.05. The predicted molar refractivity (Wildman–Crippen MR) is 92.0 cm³/mol. The third kappa shape index (κ3) is 3.32. The summed E-state index contributed by atoms with van der Waals surface area (Å²) in [5, 5.41) is 3.38. The van der Waals surface area contributed by atoms with Crippen LogP contribution in [0.1, 0.15) is 5.56 Å². The van der Waals surface area contributed by atoms with Crippen LogP contribution in [0.2, 0.25) is 0 Å². The van der Waals surface area contributed by atoms with E-state index < -0.39 is 0 Å². The quantitative estimate of drug-likeness (QED) is 0.854. The lowest BCUT2D eigenvalue weighted by atomic mass is 10.1. The summed E-state index contributed by atoms with van der Waals surface area (Å²) in [6, 6.07) is 9.64. The van der Waals surface area contributed by atoms with Gasteiger partial charge in [-0.2, -0.15) is 0 Å². The number of nitrogens with one attached hydrogen (secondary N) is 1. The van der Waals surface area contributed by atoms with Gasteiger partial charge in [-0.15, -0.1) is 0 Å². The molecule has 1 N–H and O–H groups in total. The second-order valence-electron chi connectivity index (χ2n) is 4.97. The molecule has 0 atom stereocenters. The number of fused-ring (bicyclic) bond motifs is 1. The van der Waals surface area contributed by atoms with E-state index in [0.29, 0.717) is 31.3 Å². The molecule has 6 heteroatoms. The molecule has 0 radical (unpaired) electrons. The van der Waals surface area contributed by atoms with E-state index in [1.165, 1.54) is 0 Å². The third-order valence-electron chi connectivity index (χ3n) is 3.60. The fourth-order valence-electron chi connectivity index (χ4n) is 2.48. The Hall–Kier alpha value is -2.08. The number of ether oxygens (including phenoxy) is 4. The van der Waals surface area contributed by atoms with Gasteiger partial charge in [0.1, 0.15) is 13.2 Å². The molecule has 0 saturated heterocycles. The van der Waals surface area contributed by atoms with Crippen molar-refractivity contribution in [3.05, 3.63) is 40.4 Å². The smallest absolute Gasteiger partial charge is 0.166 e. The van der Waals surface area contributed by atoms with Crippen LogP contribution in [0, 0.1) is 0 Å². The first-order chi connectivity index (χ1) is 11.2. The summed E-state index contributed by atoms with van der Waals surface area (Å²) in [4.78, 5) is 0. The Morgan fingerprint density at radius 1 is 1.04 bits per heavy atom. The summed E-state index contributed by atoms with van der Waals surface area (Å²) in [7, 11) is 3.27. The van der Waals surface area contributed by atoms with Gasteiger partial charge in [-0.1, -0.05) is 15.9 Å². The average Bonchev–Trinajstić information content (AvgIpc) is 2.60. The molecular weight excluding hydrogens is 362 g/mol. The van der Waals surface area contributed by atoms with Crippen molar-refractivity contribution in [3.8, 4) is 23.0 Å². The van der Waals surface area contributed by atoms with Crippen LogP contribution in [-0.2, 0) is 6.54 Å². The molecule has 1 aliphatic heterocycles. The van der Waals surface area contributed by atoms with Crippen molar-refractivity contribution >= 4 is 21.6 Å². The van der Waals surface area contributed by atoms with Gasteiger partial charge in [-0.05, 0) is 24.3 Å². The molecule has 0 amide bonds. The second kappa shape index (κ2) is 7.00. The molecule has 0 fully saturated rings. The van der Waals surface area contributed by atoms with Crippen molar-refractivity contribution in [3.63, 3.8) is 0 Å². The lowest BCUT2D eigenvalue weighted by Crippen LogP contribution is -2.15. The van der Waals surface area contributed by atoms with Crippen LogP contribution in [0.25, 0.3) is 0 Å². The number of methoxy groups -OCH3 is 2. The van der Waals surface area contributed by atoms with Crippen molar-refractivity contribution in [1.82, 2.24) is 0 Å². The van der Waals surface area contributed by atoms with Crippen molar-refractivity contribution in [2.24, 2.45) is 0 Å². The van der Waals surface area contributed by atoms with Crippen molar-refractivity contribution in [2.45, 2.75) is 6.54 Å². The van der Waals surface area contributed by atoms with Crippen molar-refractivity contribution in [1.29, 1.82) is 0 Å². The zero-order valence-electron chi connectivity index (χ0n) is 13.0. The molecule has 2 aromatic rings. The first-order valence-electron chi connectivity index (χ1n) is 7.26. The van der Waals surface area contributed by atoms with Crippen LogP contribution in [-0.4, -0.2) is 27.4 Å². The molecule has 0 spiro atoms. The second-order valence-corrected chi connectivity index (χ2v) is 5.83. The molecule has 2 aromatic carbocycles. The zero-order chi connectivity index (χ0) is 16.2. The van der Waals surface area contributed by atoms with E-state index in [1.54, 1.807) is 14.2 Å². The predicted octanol–water partition coefficient (Wildman–Crippen LogP) is 3.85. The molecular formula is C17H18BrNO4. The highest BCUT2D eigenvalue weighted by molar-refractivity contribution is 9.10. The van der Waals surface area contributed by atoms with E-state index >= 15 is 0 Å². The summed E-state index contributed by atoms with van der Waals surface area (Å²) in [5.74, 6) is 2.96. The maximum atomic E-state index is 5.60. The molecule has 0 aromatic heterocycles. The summed E-state index contributed by atoms with van der Waals surface area (Å²) < 4.78 is 22.9. The molecule has 1 aliphatic rings. The van der Waals surface area contributed by atoms with E-state index in [2.05, 4.69) is 21.2 Å². The fraction of sp³-hybridized carbons (Fsp3) is 0.294. The van der Waals surface area contributed by atoms with Gasteiger partial charge >= 0.3 is 0 Å². The Bertz CT molecular complexity index is 705. The Balaban J connectivity index is 1.81. The van der Waals surface area contributed by atoms with Crippen LogP contribution >= 0.6 is 15.9 Å². The van der Waals surface area contributed by atoms with Gasteiger partial charge < -0.3 is 24.3 Å². The number of hydrogen-bond donors (Lipinski definition) is 1. The van der Waals surface area contributed by atoms with Crippen LogP contribution in [0.3, 0.4) is 0 Å². The standard InChI is InChI=1S/C17H18BrNO4/c1-20-15-6-4-13(18)12(17(15)21-2)10-19-11-3-5-14-16(9-11)23-8-7-22-14/h3-6,9,19H,7-8,10H2,1-2H3. The summed E-state index contributed by atoms with van der Waals surface area (Å²) >= 11 is 3.56. The van der Waals surface area contributed by atoms with Crippen molar-refractivity contribution in [2.75, 3.05) is 32.8 Å². The molecule has 5 nitrogen and oxygen atoms in total. The van der Waals surface area contributed by atoms with Gasteiger partial charge in [0.2, 0.25) is 0 Å². The maximum absolute atomic E-state index is 5.60. The van der Waals surface area contributed by atoms with E-state index in [1.807, 2.05) is 30.3 Å². The van der Waals surface area contributed by atoms with E-state index in [4.69, 9.17) is 18.9 Å². The van der Waals surface area contributed by atoms with Gasteiger partial charge in [-0.3, -0.25) is 0 Å². The average molecular weight is 380 g/mol. The monoisotopic (exact) mass is 379 g/mol. The minimum Gasteiger partial charge on any atom is -0.493 e. The minimum atomic E-state index is 0.575. The van der Waals surface area contributed by atoms with Crippen LogP contribution in [0.15, 0.2) is 34.8 Å². The zero-order valence-corrected chi connectivity index (χ0v) is 14.6. The fourth-order valence-corrected chi connectivity index (χ4v) is 2.93. The number of halogens is 1. The number of hydrogen-bond acceptors (Lipinski definition) is 5. The molecule has 0 bridgehead atoms. The molecule has 23 heavy (non-hydrogen) atoms. The summed E-state index contributed by atoms with van der Waals surface area (Å²) in [5.41, 5.74) is 1.94.